The van der Waals surface area contributed by atoms with Crippen LogP contribution in [0.4, 0.5) is 0 Å². The quantitative estimate of drug-likeness (QED) is 0.740. The summed E-state index contributed by atoms with van der Waals surface area (Å²) in [6.45, 7) is 17.1. The Kier molecular flexibility index (Phi) is 5.81. The molecule has 0 aromatic carbocycles. The van der Waals surface area contributed by atoms with E-state index in [4.69, 9.17) is 0 Å². The zero-order chi connectivity index (χ0) is 14.6. The van der Waals surface area contributed by atoms with Crippen LogP contribution in [-0.4, -0.2) is 96.9 Å². The zero-order valence-electron chi connectivity index (χ0n) is 13.4. The molecule has 2 aliphatic rings. The molecule has 5 heteroatoms. The molecular weight excluding hydrogens is 252 g/mol. The van der Waals surface area contributed by atoms with E-state index in [9.17, 15) is 5.11 Å². The van der Waals surface area contributed by atoms with Crippen molar-refractivity contribution in [2.45, 2.75) is 32.4 Å². The fourth-order valence-electron chi connectivity index (χ4n) is 3.15. The van der Waals surface area contributed by atoms with Crippen molar-refractivity contribution in [2.24, 2.45) is 0 Å². The molecule has 2 aliphatic heterocycles. The molecule has 0 radical (unpaired) electrons. The van der Waals surface area contributed by atoms with Crippen LogP contribution in [0, 0.1) is 0 Å². The van der Waals surface area contributed by atoms with Crippen molar-refractivity contribution < 1.29 is 5.11 Å². The highest BCUT2D eigenvalue weighted by Crippen LogP contribution is 2.15. The molecule has 0 aromatic rings. The first-order chi connectivity index (χ1) is 9.45. The van der Waals surface area contributed by atoms with Crippen molar-refractivity contribution >= 4 is 0 Å². The van der Waals surface area contributed by atoms with Gasteiger partial charge in [-0.05, 0) is 20.8 Å². The number of nitrogens with one attached hydrogen (secondary N) is 1. The first-order valence-electron chi connectivity index (χ1n) is 8.04. The van der Waals surface area contributed by atoms with Crippen molar-refractivity contribution in [1.82, 2.24) is 20.0 Å². The summed E-state index contributed by atoms with van der Waals surface area (Å²) in [4.78, 5) is 7.31. The van der Waals surface area contributed by atoms with E-state index in [2.05, 4.69) is 40.8 Å². The highest BCUT2D eigenvalue weighted by Gasteiger charge is 2.26. The van der Waals surface area contributed by atoms with E-state index in [0.717, 1.165) is 65.4 Å². The Labute approximate surface area is 123 Å². The predicted octanol–water partition coefficient (Wildman–Crippen LogP) is -0.331. The average molecular weight is 284 g/mol. The van der Waals surface area contributed by atoms with E-state index in [1.54, 1.807) is 0 Å². The second-order valence-electron chi connectivity index (χ2n) is 7.16. The van der Waals surface area contributed by atoms with Crippen LogP contribution in [0.1, 0.15) is 20.8 Å². The van der Waals surface area contributed by atoms with Gasteiger partial charge in [0.25, 0.3) is 0 Å². The van der Waals surface area contributed by atoms with Crippen LogP contribution in [0.5, 0.6) is 0 Å². The molecule has 2 saturated heterocycles. The molecule has 20 heavy (non-hydrogen) atoms. The van der Waals surface area contributed by atoms with Crippen LogP contribution in [-0.2, 0) is 0 Å². The number of aliphatic hydroxyl groups excluding tert-OH is 1. The fraction of sp³-hybridized carbons (Fsp3) is 1.00. The summed E-state index contributed by atoms with van der Waals surface area (Å²) in [6.07, 6.45) is -0.214. The fourth-order valence-corrected chi connectivity index (χ4v) is 3.15. The Morgan fingerprint density at radius 3 is 1.90 bits per heavy atom. The third kappa shape index (κ3) is 4.97. The molecule has 2 fully saturated rings. The molecule has 5 nitrogen and oxygen atoms in total. The van der Waals surface area contributed by atoms with Crippen LogP contribution >= 0.6 is 0 Å². The highest BCUT2D eigenvalue weighted by molar-refractivity contribution is 4.83. The van der Waals surface area contributed by atoms with Gasteiger partial charge in [0.1, 0.15) is 0 Å². The Hall–Kier alpha value is -0.200. The van der Waals surface area contributed by atoms with E-state index in [1.165, 1.54) is 0 Å². The predicted molar refractivity (Wildman–Crippen MR) is 83.1 cm³/mol. The minimum Gasteiger partial charge on any atom is -0.390 e. The highest BCUT2D eigenvalue weighted by atomic mass is 16.3. The van der Waals surface area contributed by atoms with E-state index in [1.807, 2.05) is 0 Å². The van der Waals surface area contributed by atoms with Gasteiger partial charge in [-0.25, -0.2) is 0 Å². The van der Waals surface area contributed by atoms with Crippen LogP contribution < -0.4 is 5.32 Å². The molecule has 2 heterocycles. The molecule has 1 unspecified atom stereocenters. The minimum absolute atomic E-state index is 0.214. The first kappa shape index (κ1) is 16.2. The number of nitrogens with zero attached hydrogens (tertiary/aromatic N) is 3. The van der Waals surface area contributed by atoms with Crippen molar-refractivity contribution in [2.75, 3.05) is 65.4 Å². The van der Waals surface area contributed by atoms with Gasteiger partial charge in [-0.2, -0.15) is 0 Å². The lowest BCUT2D eigenvalue weighted by Crippen LogP contribution is -2.55. The van der Waals surface area contributed by atoms with Gasteiger partial charge in [0.15, 0.2) is 0 Å². The number of aliphatic hydroxyl groups is 1. The maximum atomic E-state index is 10.3. The number of β-amino-alcohol motifs (C(OH)–C–C–N with tert-alkyl or cyclic N) is 1. The number of hydrogen-bond donors (Lipinski definition) is 2. The molecule has 2 N–H and O–H groups in total. The Bertz CT molecular complexity index is 278. The molecule has 0 aromatic heterocycles. The number of rotatable bonds is 4. The zero-order valence-corrected chi connectivity index (χ0v) is 13.4. The summed E-state index contributed by atoms with van der Waals surface area (Å²) < 4.78 is 0. The summed E-state index contributed by atoms with van der Waals surface area (Å²) in [5, 5.41) is 13.6. The Morgan fingerprint density at radius 2 is 1.40 bits per heavy atom. The molecule has 0 bridgehead atoms. The van der Waals surface area contributed by atoms with E-state index in [-0.39, 0.29) is 11.6 Å². The van der Waals surface area contributed by atoms with Gasteiger partial charge in [0, 0.05) is 71.0 Å². The summed E-state index contributed by atoms with van der Waals surface area (Å²) in [5.74, 6) is 0. The second-order valence-corrected chi connectivity index (χ2v) is 7.16. The number of piperazine rings is 2. The monoisotopic (exact) mass is 284 g/mol. The summed E-state index contributed by atoms with van der Waals surface area (Å²) >= 11 is 0. The van der Waals surface area contributed by atoms with Crippen molar-refractivity contribution in [3.8, 4) is 0 Å². The molecule has 0 aliphatic carbocycles. The molecule has 0 saturated carbocycles. The van der Waals surface area contributed by atoms with Gasteiger partial charge in [-0.15, -0.1) is 0 Å². The van der Waals surface area contributed by atoms with Crippen LogP contribution in [0.3, 0.4) is 0 Å². The lowest BCUT2D eigenvalue weighted by Gasteiger charge is -2.43. The van der Waals surface area contributed by atoms with Crippen molar-refractivity contribution in [1.29, 1.82) is 0 Å². The average Bonchev–Trinajstić information content (AvgIpc) is 2.39. The second kappa shape index (κ2) is 7.18. The van der Waals surface area contributed by atoms with Gasteiger partial charge in [-0.1, -0.05) is 0 Å². The minimum atomic E-state index is -0.214. The molecule has 0 spiro atoms. The Balaban J connectivity index is 1.66. The normalized spacial score (nSPS) is 25.8. The molecule has 2 rings (SSSR count). The topological polar surface area (TPSA) is 42.0 Å². The third-order valence-electron chi connectivity index (χ3n) is 4.47. The first-order valence-corrected chi connectivity index (χ1v) is 8.04. The lowest BCUT2D eigenvalue weighted by atomic mass is 10.0. The van der Waals surface area contributed by atoms with E-state index < -0.39 is 0 Å². The van der Waals surface area contributed by atoms with E-state index in [0.29, 0.717) is 0 Å². The van der Waals surface area contributed by atoms with Gasteiger partial charge in [0.2, 0.25) is 0 Å². The SMILES string of the molecule is CC(C)(C)N1CCN(CC(O)CN2CCNCC2)CC1. The lowest BCUT2D eigenvalue weighted by molar-refractivity contribution is 0.0248. The summed E-state index contributed by atoms with van der Waals surface area (Å²) in [7, 11) is 0. The van der Waals surface area contributed by atoms with Gasteiger partial charge >= 0.3 is 0 Å². The van der Waals surface area contributed by atoms with E-state index >= 15 is 0 Å². The summed E-state index contributed by atoms with van der Waals surface area (Å²) in [6, 6.07) is 0. The van der Waals surface area contributed by atoms with Crippen molar-refractivity contribution in [3.63, 3.8) is 0 Å². The maximum Gasteiger partial charge on any atom is 0.0793 e. The summed E-state index contributed by atoms with van der Waals surface area (Å²) in [5.41, 5.74) is 0.269. The molecule has 1 atom stereocenters. The smallest absolute Gasteiger partial charge is 0.0793 e. The van der Waals surface area contributed by atoms with Crippen LogP contribution in [0.15, 0.2) is 0 Å². The van der Waals surface area contributed by atoms with Gasteiger partial charge in [-0.3, -0.25) is 14.7 Å². The standard InChI is InChI=1S/C15H32N4O/c1-15(2,3)19-10-8-18(9-11-19)13-14(20)12-17-6-4-16-5-7-17/h14,16,20H,4-13H2,1-3H3. The molecular formula is C15H32N4O. The third-order valence-corrected chi connectivity index (χ3v) is 4.47. The van der Waals surface area contributed by atoms with Crippen LogP contribution in [0.2, 0.25) is 0 Å². The maximum absolute atomic E-state index is 10.3. The Morgan fingerprint density at radius 1 is 0.900 bits per heavy atom. The van der Waals surface area contributed by atoms with Crippen molar-refractivity contribution in [3.05, 3.63) is 0 Å². The van der Waals surface area contributed by atoms with Crippen LogP contribution in [0.25, 0.3) is 0 Å². The molecule has 0 amide bonds. The van der Waals surface area contributed by atoms with Gasteiger partial charge in [0.05, 0.1) is 6.10 Å². The van der Waals surface area contributed by atoms with Gasteiger partial charge < -0.3 is 10.4 Å². The number of hydrogen-bond acceptors (Lipinski definition) is 5. The largest absolute Gasteiger partial charge is 0.390 e. The molecule has 118 valence electrons.